The smallest absolute Gasteiger partial charge is 0.147 e. The fourth-order valence-electron chi connectivity index (χ4n) is 1.84. The summed E-state index contributed by atoms with van der Waals surface area (Å²) in [5, 5.41) is 3.43. The van der Waals surface area contributed by atoms with Gasteiger partial charge in [0.05, 0.1) is 11.2 Å². The number of nitrogens with one attached hydrogen (secondary N) is 1. The largest absolute Gasteiger partial charge is 0.381 e. The number of nitrogens with zero attached hydrogens (tertiary/aromatic N) is 2. The molecule has 1 saturated heterocycles. The quantitative estimate of drug-likeness (QED) is 0.823. The van der Waals surface area contributed by atoms with E-state index in [9.17, 15) is 0 Å². The summed E-state index contributed by atoms with van der Waals surface area (Å²) in [5.74, 6) is 1.39. The zero-order valence-corrected chi connectivity index (χ0v) is 10.1. The summed E-state index contributed by atoms with van der Waals surface area (Å²) >= 11 is 6.07. The molecule has 0 saturated carbocycles. The molecule has 0 spiro atoms. The van der Waals surface area contributed by atoms with Crippen LogP contribution in [0.1, 0.15) is 18.5 Å². The van der Waals surface area contributed by atoms with Gasteiger partial charge in [0.2, 0.25) is 0 Å². The van der Waals surface area contributed by atoms with E-state index in [1.54, 1.807) is 12.4 Å². The number of ether oxygens (including phenoxy) is 1. The number of rotatable bonds is 3. The number of halogens is 1. The minimum absolute atomic E-state index is 0.0966. The molecule has 5 heteroatoms. The molecular formula is C11H16ClN3O. The lowest BCUT2D eigenvalue weighted by Crippen LogP contribution is -2.45. The third kappa shape index (κ3) is 2.44. The van der Waals surface area contributed by atoms with Crippen LogP contribution in [0.25, 0.3) is 0 Å². The average Bonchev–Trinajstić information content (AvgIpc) is 2.33. The highest BCUT2D eigenvalue weighted by Crippen LogP contribution is 2.27. The molecule has 4 nitrogen and oxygen atoms in total. The molecule has 16 heavy (non-hydrogen) atoms. The monoisotopic (exact) mass is 241 g/mol. The van der Waals surface area contributed by atoms with Crippen molar-refractivity contribution < 1.29 is 4.74 Å². The second kappa shape index (κ2) is 4.97. The molecule has 0 unspecified atom stereocenters. The van der Waals surface area contributed by atoms with E-state index in [1.807, 2.05) is 6.92 Å². The summed E-state index contributed by atoms with van der Waals surface area (Å²) < 4.78 is 5.36. The van der Waals surface area contributed by atoms with E-state index < -0.39 is 0 Å². The van der Waals surface area contributed by atoms with Crippen molar-refractivity contribution in [2.24, 2.45) is 0 Å². The van der Waals surface area contributed by atoms with Crippen LogP contribution in [0.5, 0.6) is 0 Å². The van der Waals surface area contributed by atoms with Crippen LogP contribution in [0.2, 0.25) is 0 Å². The Balaban J connectivity index is 2.15. The molecule has 0 aliphatic carbocycles. The van der Waals surface area contributed by atoms with Gasteiger partial charge in [-0.1, -0.05) is 0 Å². The van der Waals surface area contributed by atoms with Gasteiger partial charge in [-0.2, -0.15) is 0 Å². The van der Waals surface area contributed by atoms with Crippen molar-refractivity contribution in [3.05, 3.63) is 18.1 Å². The number of hydrogen-bond donors (Lipinski definition) is 1. The van der Waals surface area contributed by atoms with Crippen LogP contribution in [0.3, 0.4) is 0 Å². The third-order valence-electron chi connectivity index (χ3n) is 2.97. The van der Waals surface area contributed by atoms with Crippen molar-refractivity contribution in [2.45, 2.75) is 25.3 Å². The lowest BCUT2D eigenvalue weighted by atomic mass is 9.92. The molecule has 1 aromatic rings. The Hall–Kier alpha value is -0.870. The summed E-state index contributed by atoms with van der Waals surface area (Å²) in [5.41, 5.74) is 0.805. The van der Waals surface area contributed by atoms with Gasteiger partial charge in [0, 0.05) is 31.5 Å². The molecule has 0 aromatic carbocycles. The van der Waals surface area contributed by atoms with E-state index in [4.69, 9.17) is 16.3 Å². The highest BCUT2D eigenvalue weighted by Gasteiger charge is 2.32. The van der Waals surface area contributed by atoms with Crippen LogP contribution in [0.4, 0.5) is 5.82 Å². The van der Waals surface area contributed by atoms with Crippen LogP contribution in [-0.4, -0.2) is 34.6 Å². The maximum atomic E-state index is 6.07. The number of aryl methyl sites for hydroxylation is 1. The predicted molar refractivity (Wildman–Crippen MR) is 63.9 cm³/mol. The lowest BCUT2D eigenvalue weighted by Gasteiger charge is -2.36. The Morgan fingerprint density at radius 2 is 2.06 bits per heavy atom. The Morgan fingerprint density at radius 1 is 1.38 bits per heavy atom. The minimum atomic E-state index is -0.0966. The number of aromatic nitrogens is 2. The SMILES string of the molecule is Cc1nccnc1NC1(CCl)CCOCC1. The predicted octanol–water partition coefficient (Wildman–Crippen LogP) is 1.98. The normalized spacial score (nSPS) is 19.4. The van der Waals surface area contributed by atoms with Gasteiger partial charge >= 0.3 is 0 Å². The second-order valence-corrected chi connectivity index (χ2v) is 4.41. The molecule has 1 aliphatic heterocycles. The van der Waals surface area contributed by atoms with Crippen LogP contribution in [0, 0.1) is 6.92 Å². The first-order valence-corrected chi connectivity index (χ1v) is 5.99. The fourth-order valence-corrected chi connectivity index (χ4v) is 2.17. The third-order valence-corrected chi connectivity index (χ3v) is 3.48. The highest BCUT2D eigenvalue weighted by molar-refractivity contribution is 6.18. The summed E-state index contributed by atoms with van der Waals surface area (Å²) in [6.07, 6.45) is 5.20. The van der Waals surface area contributed by atoms with Crippen molar-refractivity contribution in [1.82, 2.24) is 9.97 Å². The van der Waals surface area contributed by atoms with Gasteiger partial charge in [-0.25, -0.2) is 4.98 Å². The Kier molecular flexibility index (Phi) is 3.61. The zero-order valence-electron chi connectivity index (χ0n) is 9.37. The van der Waals surface area contributed by atoms with Gasteiger partial charge in [0.25, 0.3) is 0 Å². The summed E-state index contributed by atoms with van der Waals surface area (Å²) in [6.45, 7) is 3.44. The van der Waals surface area contributed by atoms with Crippen LogP contribution >= 0.6 is 11.6 Å². The molecule has 1 aliphatic rings. The molecule has 1 N–H and O–H groups in total. The number of anilines is 1. The van der Waals surface area contributed by atoms with Gasteiger partial charge in [0.1, 0.15) is 5.82 Å². The summed E-state index contributed by atoms with van der Waals surface area (Å²) in [7, 11) is 0. The van der Waals surface area contributed by atoms with Crippen LogP contribution in [0.15, 0.2) is 12.4 Å². The summed E-state index contributed by atoms with van der Waals surface area (Å²) in [6, 6.07) is 0. The molecule has 1 fully saturated rings. The molecule has 0 radical (unpaired) electrons. The topological polar surface area (TPSA) is 47.0 Å². The van der Waals surface area contributed by atoms with Crippen molar-refractivity contribution in [3.8, 4) is 0 Å². The van der Waals surface area contributed by atoms with Crippen LogP contribution < -0.4 is 5.32 Å². The van der Waals surface area contributed by atoms with Crippen molar-refractivity contribution in [3.63, 3.8) is 0 Å². The van der Waals surface area contributed by atoms with Gasteiger partial charge in [-0.05, 0) is 19.8 Å². The van der Waals surface area contributed by atoms with Crippen molar-refractivity contribution in [1.29, 1.82) is 0 Å². The summed E-state index contributed by atoms with van der Waals surface area (Å²) in [4.78, 5) is 8.50. The van der Waals surface area contributed by atoms with E-state index in [0.29, 0.717) is 5.88 Å². The Labute approximate surface area is 100 Å². The molecule has 1 aromatic heterocycles. The van der Waals surface area contributed by atoms with Gasteiger partial charge in [-0.3, -0.25) is 4.98 Å². The average molecular weight is 242 g/mol. The molecular weight excluding hydrogens is 226 g/mol. The zero-order chi connectivity index (χ0) is 11.4. The Morgan fingerprint density at radius 3 is 2.69 bits per heavy atom. The number of hydrogen-bond acceptors (Lipinski definition) is 4. The molecule has 0 atom stereocenters. The van der Waals surface area contributed by atoms with E-state index >= 15 is 0 Å². The maximum Gasteiger partial charge on any atom is 0.147 e. The van der Waals surface area contributed by atoms with E-state index in [2.05, 4.69) is 15.3 Å². The molecule has 2 heterocycles. The fraction of sp³-hybridized carbons (Fsp3) is 0.636. The molecule has 0 bridgehead atoms. The van der Waals surface area contributed by atoms with Crippen molar-refractivity contribution in [2.75, 3.05) is 24.4 Å². The van der Waals surface area contributed by atoms with Gasteiger partial charge in [-0.15, -0.1) is 11.6 Å². The first-order valence-electron chi connectivity index (χ1n) is 5.45. The second-order valence-electron chi connectivity index (χ2n) is 4.14. The lowest BCUT2D eigenvalue weighted by molar-refractivity contribution is 0.0666. The van der Waals surface area contributed by atoms with Gasteiger partial charge in [0.15, 0.2) is 0 Å². The number of alkyl halides is 1. The van der Waals surface area contributed by atoms with E-state index in [1.165, 1.54) is 0 Å². The van der Waals surface area contributed by atoms with Crippen LogP contribution in [-0.2, 0) is 4.74 Å². The first-order chi connectivity index (χ1) is 7.76. The van der Waals surface area contributed by atoms with E-state index in [-0.39, 0.29) is 5.54 Å². The highest BCUT2D eigenvalue weighted by atomic mass is 35.5. The molecule has 2 rings (SSSR count). The van der Waals surface area contributed by atoms with E-state index in [0.717, 1.165) is 37.6 Å². The molecule has 88 valence electrons. The van der Waals surface area contributed by atoms with Gasteiger partial charge < -0.3 is 10.1 Å². The van der Waals surface area contributed by atoms with Crippen molar-refractivity contribution >= 4 is 17.4 Å². The molecule has 0 amide bonds. The maximum absolute atomic E-state index is 6.07. The standard InChI is InChI=1S/C11H16ClN3O/c1-9-10(14-5-4-13-9)15-11(8-12)2-6-16-7-3-11/h4-5H,2-3,6-8H2,1H3,(H,14,15). The first kappa shape index (κ1) is 11.6. The Bertz CT molecular complexity index is 353. The minimum Gasteiger partial charge on any atom is -0.381 e.